The van der Waals surface area contributed by atoms with Gasteiger partial charge in [0.2, 0.25) is 0 Å². The van der Waals surface area contributed by atoms with E-state index in [1.165, 1.54) is 12.3 Å². The van der Waals surface area contributed by atoms with Gasteiger partial charge >= 0.3 is 0 Å². The third-order valence-corrected chi connectivity index (χ3v) is 3.63. The number of hydrogen-bond acceptors (Lipinski definition) is 3. The normalized spacial score (nSPS) is 15.8. The van der Waals surface area contributed by atoms with Crippen LogP contribution in [0.3, 0.4) is 0 Å². The molecule has 0 aliphatic heterocycles. The van der Waals surface area contributed by atoms with Gasteiger partial charge in [0.25, 0.3) is 5.91 Å². The van der Waals surface area contributed by atoms with Crippen molar-refractivity contribution >= 4 is 5.91 Å². The minimum atomic E-state index is -0.503. The summed E-state index contributed by atoms with van der Waals surface area (Å²) in [7, 11) is 0. The van der Waals surface area contributed by atoms with Gasteiger partial charge in [-0.1, -0.05) is 0 Å². The lowest BCUT2D eigenvalue weighted by Crippen LogP contribution is -2.32. The average molecular weight is 274 g/mol. The molecule has 0 bridgehead atoms. The van der Waals surface area contributed by atoms with Crippen LogP contribution < -0.4 is 5.32 Å². The van der Waals surface area contributed by atoms with E-state index in [0.717, 1.165) is 25.6 Å². The van der Waals surface area contributed by atoms with E-state index in [1.807, 2.05) is 10.8 Å². The fourth-order valence-electron chi connectivity index (χ4n) is 2.24. The molecule has 1 fully saturated rings. The standard InChI is InChI=1S/C14H15FN4O/c15-12-5-11(6-17-7-12)13(20)18-8-14(1-2-14)9-19-4-3-16-10-19/h3-7,10H,1-2,8-9H2,(H,18,20). The number of rotatable bonds is 5. The van der Waals surface area contributed by atoms with Crippen LogP contribution >= 0.6 is 0 Å². The van der Waals surface area contributed by atoms with Gasteiger partial charge in [0, 0.05) is 37.1 Å². The molecule has 0 saturated heterocycles. The van der Waals surface area contributed by atoms with E-state index in [4.69, 9.17) is 0 Å². The van der Waals surface area contributed by atoms with Gasteiger partial charge in [0.15, 0.2) is 0 Å². The Morgan fingerprint density at radius 2 is 2.25 bits per heavy atom. The number of carbonyl (C=O) groups is 1. The van der Waals surface area contributed by atoms with Crippen molar-refractivity contribution in [1.82, 2.24) is 19.9 Å². The number of carbonyl (C=O) groups excluding carboxylic acids is 1. The summed E-state index contributed by atoms with van der Waals surface area (Å²) < 4.78 is 15.0. The van der Waals surface area contributed by atoms with Crippen LogP contribution in [0.5, 0.6) is 0 Å². The van der Waals surface area contributed by atoms with Crippen LogP contribution in [-0.4, -0.2) is 27.0 Å². The van der Waals surface area contributed by atoms with Gasteiger partial charge in [0.1, 0.15) is 5.82 Å². The molecule has 6 heteroatoms. The molecule has 2 aromatic rings. The van der Waals surface area contributed by atoms with Crippen molar-refractivity contribution in [2.45, 2.75) is 19.4 Å². The fraction of sp³-hybridized carbons (Fsp3) is 0.357. The molecule has 0 radical (unpaired) electrons. The van der Waals surface area contributed by atoms with Crippen molar-refractivity contribution in [3.05, 3.63) is 48.6 Å². The highest BCUT2D eigenvalue weighted by Crippen LogP contribution is 2.46. The van der Waals surface area contributed by atoms with Crippen LogP contribution in [0.4, 0.5) is 4.39 Å². The summed E-state index contributed by atoms with van der Waals surface area (Å²) in [5.41, 5.74) is 0.361. The number of hydrogen-bond donors (Lipinski definition) is 1. The Morgan fingerprint density at radius 3 is 2.90 bits per heavy atom. The monoisotopic (exact) mass is 274 g/mol. The van der Waals surface area contributed by atoms with E-state index in [2.05, 4.69) is 15.3 Å². The molecule has 5 nitrogen and oxygen atoms in total. The zero-order valence-electron chi connectivity index (χ0n) is 10.9. The topological polar surface area (TPSA) is 59.8 Å². The zero-order valence-corrected chi connectivity index (χ0v) is 10.9. The Hall–Kier alpha value is -2.24. The van der Waals surface area contributed by atoms with Gasteiger partial charge in [-0.2, -0.15) is 0 Å². The van der Waals surface area contributed by atoms with Crippen LogP contribution in [0.1, 0.15) is 23.2 Å². The maximum Gasteiger partial charge on any atom is 0.252 e. The largest absolute Gasteiger partial charge is 0.351 e. The molecule has 1 N–H and O–H groups in total. The molecule has 1 aliphatic carbocycles. The third-order valence-electron chi connectivity index (χ3n) is 3.63. The Balaban J connectivity index is 1.58. The Labute approximate surface area is 115 Å². The number of nitrogens with one attached hydrogen (secondary N) is 1. The Kier molecular flexibility index (Phi) is 3.22. The molecule has 0 atom stereocenters. The molecule has 20 heavy (non-hydrogen) atoms. The molecule has 0 spiro atoms. The maximum absolute atomic E-state index is 13.0. The smallest absolute Gasteiger partial charge is 0.252 e. The number of aromatic nitrogens is 3. The summed E-state index contributed by atoms with van der Waals surface area (Å²) in [5, 5.41) is 2.86. The summed E-state index contributed by atoms with van der Waals surface area (Å²) in [6.07, 6.45) is 10.0. The van der Waals surface area contributed by atoms with Gasteiger partial charge in [-0.05, 0) is 18.9 Å². The predicted octanol–water partition coefficient (Wildman–Crippen LogP) is 1.63. The molecular weight excluding hydrogens is 259 g/mol. The first kappa shape index (κ1) is 12.8. The fourth-order valence-corrected chi connectivity index (χ4v) is 2.24. The second kappa shape index (κ2) is 5.03. The molecule has 1 aliphatic rings. The SMILES string of the molecule is O=C(NCC1(Cn2ccnc2)CC1)c1cncc(F)c1. The molecular formula is C14H15FN4O. The van der Waals surface area contributed by atoms with Crippen LogP contribution in [0.25, 0.3) is 0 Å². The lowest BCUT2D eigenvalue weighted by molar-refractivity contribution is 0.0942. The quantitative estimate of drug-likeness (QED) is 0.901. The molecule has 0 unspecified atom stereocenters. The molecule has 2 heterocycles. The van der Waals surface area contributed by atoms with Crippen LogP contribution in [0.2, 0.25) is 0 Å². The van der Waals surface area contributed by atoms with E-state index < -0.39 is 5.82 Å². The van der Waals surface area contributed by atoms with Crippen LogP contribution in [-0.2, 0) is 6.54 Å². The van der Waals surface area contributed by atoms with Crippen molar-refractivity contribution in [2.75, 3.05) is 6.54 Å². The second-order valence-corrected chi connectivity index (χ2v) is 5.31. The lowest BCUT2D eigenvalue weighted by atomic mass is 10.1. The zero-order chi connectivity index (χ0) is 14.0. The van der Waals surface area contributed by atoms with Crippen LogP contribution in [0.15, 0.2) is 37.2 Å². The number of imidazole rings is 1. The van der Waals surface area contributed by atoms with Crippen molar-refractivity contribution in [3.63, 3.8) is 0 Å². The van der Waals surface area contributed by atoms with E-state index >= 15 is 0 Å². The first-order valence-corrected chi connectivity index (χ1v) is 6.51. The lowest BCUT2D eigenvalue weighted by Gasteiger charge is -2.16. The summed E-state index contributed by atoms with van der Waals surface area (Å²) in [6.45, 7) is 1.43. The predicted molar refractivity (Wildman–Crippen MR) is 70.4 cm³/mol. The summed E-state index contributed by atoms with van der Waals surface area (Å²) in [6, 6.07) is 1.19. The highest BCUT2D eigenvalue weighted by Gasteiger charge is 2.43. The number of nitrogens with zero attached hydrogens (tertiary/aromatic N) is 3. The van der Waals surface area contributed by atoms with Crippen LogP contribution in [0, 0.1) is 11.2 Å². The number of amides is 1. The third kappa shape index (κ3) is 2.84. The molecule has 3 rings (SSSR count). The average Bonchev–Trinajstić information content (AvgIpc) is 3.01. The second-order valence-electron chi connectivity index (χ2n) is 5.31. The molecule has 104 valence electrons. The first-order valence-electron chi connectivity index (χ1n) is 6.51. The molecule has 0 aromatic carbocycles. The van der Waals surface area contributed by atoms with Gasteiger partial charge in [0.05, 0.1) is 18.1 Å². The van der Waals surface area contributed by atoms with E-state index in [-0.39, 0.29) is 16.9 Å². The minimum absolute atomic E-state index is 0.108. The van der Waals surface area contributed by atoms with Crippen molar-refractivity contribution in [2.24, 2.45) is 5.41 Å². The maximum atomic E-state index is 13.0. The Bertz CT molecular complexity index is 607. The summed E-state index contributed by atoms with van der Waals surface area (Å²) in [4.78, 5) is 19.6. The van der Waals surface area contributed by atoms with Crippen molar-refractivity contribution < 1.29 is 9.18 Å². The van der Waals surface area contributed by atoms with Crippen molar-refractivity contribution in [1.29, 1.82) is 0 Å². The summed E-state index contributed by atoms with van der Waals surface area (Å²) >= 11 is 0. The Morgan fingerprint density at radius 1 is 1.40 bits per heavy atom. The number of halogens is 1. The van der Waals surface area contributed by atoms with Gasteiger partial charge in [-0.15, -0.1) is 0 Å². The van der Waals surface area contributed by atoms with Gasteiger partial charge in [-0.3, -0.25) is 9.78 Å². The molecule has 1 saturated carbocycles. The van der Waals surface area contributed by atoms with Gasteiger partial charge < -0.3 is 9.88 Å². The van der Waals surface area contributed by atoms with E-state index in [1.54, 1.807) is 12.5 Å². The van der Waals surface area contributed by atoms with E-state index in [0.29, 0.717) is 6.54 Å². The molecule has 1 amide bonds. The van der Waals surface area contributed by atoms with Crippen molar-refractivity contribution in [3.8, 4) is 0 Å². The summed E-state index contributed by atoms with van der Waals surface area (Å²) in [5.74, 6) is -0.786. The number of pyridine rings is 1. The molecule has 2 aromatic heterocycles. The first-order chi connectivity index (χ1) is 9.67. The van der Waals surface area contributed by atoms with Gasteiger partial charge in [-0.25, -0.2) is 9.37 Å². The van der Waals surface area contributed by atoms with E-state index in [9.17, 15) is 9.18 Å². The minimum Gasteiger partial charge on any atom is -0.351 e. The highest BCUT2D eigenvalue weighted by atomic mass is 19.1. The highest BCUT2D eigenvalue weighted by molar-refractivity contribution is 5.93.